The average Bonchev–Trinajstić information content (AvgIpc) is 2.40. The number of hydrogen-bond acceptors (Lipinski definition) is 2. The molecule has 5 heteroatoms. The molecule has 0 aromatic heterocycles. The lowest BCUT2D eigenvalue weighted by molar-refractivity contribution is 0.0967. The number of halogens is 1. The molecule has 0 aliphatic heterocycles. The van der Waals surface area contributed by atoms with Crippen molar-refractivity contribution in [3.8, 4) is 0 Å². The molecule has 0 aliphatic carbocycles. The molecule has 4 nitrogen and oxygen atoms in total. The van der Waals surface area contributed by atoms with Crippen molar-refractivity contribution in [3.63, 3.8) is 0 Å². The number of hydrogen-bond donors (Lipinski definition) is 2. The Bertz CT molecular complexity index is 582. The van der Waals surface area contributed by atoms with Gasteiger partial charge in [0.15, 0.2) is 0 Å². The third-order valence-electron chi connectivity index (χ3n) is 2.37. The van der Waals surface area contributed by atoms with E-state index >= 15 is 0 Å². The lowest BCUT2D eigenvalue weighted by atomic mass is 10.2. The number of benzene rings is 2. The van der Waals surface area contributed by atoms with Crippen LogP contribution in [-0.2, 0) is 0 Å². The maximum absolute atomic E-state index is 11.7. The highest BCUT2D eigenvalue weighted by atomic mass is 35.5. The minimum Gasteiger partial charge on any atom is -0.308 e. The second-order valence-electron chi connectivity index (χ2n) is 3.78. The molecule has 19 heavy (non-hydrogen) atoms. The van der Waals surface area contributed by atoms with Gasteiger partial charge in [-0.1, -0.05) is 29.8 Å². The van der Waals surface area contributed by atoms with Gasteiger partial charge in [-0.15, -0.1) is 0 Å². The summed E-state index contributed by atoms with van der Waals surface area (Å²) in [6.07, 6.45) is 0. The normalized spacial score (nSPS) is 9.74. The van der Waals surface area contributed by atoms with Crippen molar-refractivity contribution in [2.75, 3.05) is 5.32 Å². The molecule has 3 amide bonds. The first-order chi connectivity index (χ1) is 9.15. The van der Waals surface area contributed by atoms with Crippen molar-refractivity contribution in [2.24, 2.45) is 0 Å². The van der Waals surface area contributed by atoms with Crippen molar-refractivity contribution >= 4 is 29.2 Å². The second kappa shape index (κ2) is 6.02. The predicted octanol–water partition coefficient (Wildman–Crippen LogP) is 3.30. The summed E-state index contributed by atoms with van der Waals surface area (Å²) < 4.78 is 0. The Morgan fingerprint density at radius 1 is 0.895 bits per heavy atom. The number of imide groups is 1. The fourth-order valence-corrected chi connectivity index (χ4v) is 1.59. The fourth-order valence-electron chi connectivity index (χ4n) is 1.46. The topological polar surface area (TPSA) is 58.2 Å². The van der Waals surface area contributed by atoms with Crippen molar-refractivity contribution < 1.29 is 9.59 Å². The summed E-state index contributed by atoms with van der Waals surface area (Å²) in [6, 6.07) is 14.6. The van der Waals surface area contributed by atoms with Gasteiger partial charge in [-0.3, -0.25) is 10.1 Å². The van der Waals surface area contributed by atoms with Crippen molar-refractivity contribution in [1.82, 2.24) is 5.32 Å². The molecule has 2 N–H and O–H groups in total. The smallest absolute Gasteiger partial charge is 0.308 e. The highest BCUT2D eigenvalue weighted by molar-refractivity contribution is 6.30. The van der Waals surface area contributed by atoms with E-state index in [2.05, 4.69) is 10.6 Å². The van der Waals surface area contributed by atoms with Gasteiger partial charge < -0.3 is 5.32 Å². The maximum atomic E-state index is 11.7. The van der Waals surface area contributed by atoms with Gasteiger partial charge in [-0.25, -0.2) is 4.79 Å². The number of carbonyl (C=O) groups excluding carboxylic acids is 2. The van der Waals surface area contributed by atoms with E-state index in [1.165, 1.54) is 0 Å². The standard InChI is InChI=1S/C14H11ClN2O2/c15-11-8-6-10(7-9-11)13(18)17-14(19)16-12-4-2-1-3-5-12/h1-9H,(H2,16,17,18,19). The van der Waals surface area contributed by atoms with Crippen LogP contribution in [0, 0.1) is 0 Å². The Labute approximate surface area is 115 Å². The molecular weight excluding hydrogens is 264 g/mol. The SMILES string of the molecule is O=C(NC(=O)c1ccc(Cl)cc1)Nc1ccccc1. The van der Waals surface area contributed by atoms with Crippen LogP contribution in [-0.4, -0.2) is 11.9 Å². The van der Waals surface area contributed by atoms with Crippen LogP contribution in [0.4, 0.5) is 10.5 Å². The number of nitrogens with one attached hydrogen (secondary N) is 2. The van der Waals surface area contributed by atoms with Gasteiger partial charge in [0.05, 0.1) is 0 Å². The van der Waals surface area contributed by atoms with Gasteiger partial charge in [-0.2, -0.15) is 0 Å². The van der Waals surface area contributed by atoms with Crippen LogP contribution in [0.5, 0.6) is 0 Å². The minimum absolute atomic E-state index is 0.368. The third kappa shape index (κ3) is 3.82. The van der Waals surface area contributed by atoms with Crippen LogP contribution in [0.1, 0.15) is 10.4 Å². The summed E-state index contributed by atoms with van der Waals surface area (Å²) in [6.45, 7) is 0. The van der Waals surface area contributed by atoms with Gasteiger partial charge >= 0.3 is 6.03 Å². The lowest BCUT2D eigenvalue weighted by Crippen LogP contribution is -2.34. The number of amides is 3. The minimum atomic E-state index is -0.578. The molecule has 2 aromatic rings. The molecule has 0 atom stereocenters. The van der Waals surface area contributed by atoms with Crippen molar-refractivity contribution in [3.05, 3.63) is 65.2 Å². The number of anilines is 1. The van der Waals surface area contributed by atoms with E-state index in [1.54, 1.807) is 48.5 Å². The molecule has 0 saturated heterocycles. The van der Waals surface area contributed by atoms with E-state index in [4.69, 9.17) is 11.6 Å². The highest BCUT2D eigenvalue weighted by Crippen LogP contribution is 2.09. The quantitative estimate of drug-likeness (QED) is 0.883. The van der Waals surface area contributed by atoms with Crippen LogP contribution in [0.3, 0.4) is 0 Å². The number of para-hydroxylation sites is 1. The summed E-state index contributed by atoms with van der Waals surface area (Å²) in [7, 11) is 0. The maximum Gasteiger partial charge on any atom is 0.326 e. The van der Waals surface area contributed by atoms with Gasteiger partial charge in [-0.05, 0) is 36.4 Å². The molecule has 0 bridgehead atoms. The molecule has 0 saturated carbocycles. The van der Waals surface area contributed by atoms with Crippen LogP contribution in [0.15, 0.2) is 54.6 Å². The summed E-state index contributed by atoms with van der Waals surface area (Å²) in [5, 5.41) is 5.32. The molecule has 0 fully saturated rings. The molecule has 0 spiro atoms. The Hall–Kier alpha value is -2.33. The number of carbonyl (C=O) groups is 2. The first-order valence-electron chi connectivity index (χ1n) is 5.58. The van der Waals surface area contributed by atoms with Crippen molar-refractivity contribution in [1.29, 1.82) is 0 Å². The Kier molecular flexibility index (Phi) is 4.15. The summed E-state index contributed by atoms with van der Waals surface area (Å²) >= 11 is 5.72. The number of rotatable bonds is 2. The van der Waals surface area contributed by atoms with E-state index in [0.29, 0.717) is 16.3 Å². The number of urea groups is 1. The molecule has 0 unspecified atom stereocenters. The van der Waals surface area contributed by atoms with E-state index < -0.39 is 11.9 Å². The van der Waals surface area contributed by atoms with E-state index in [9.17, 15) is 9.59 Å². The largest absolute Gasteiger partial charge is 0.326 e. The van der Waals surface area contributed by atoms with Gasteiger partial charge in [0.1, 0.15) is 0 Å². The summed E-state index contributed by atoms with van der Waals surface area (Å²) in [5.41, 5.74) is 0.983. The summed E-state index contributed by atoms with van der Waals surface area (Å²) in [5.74, 6) is -0.481. The third-order valence-corrected chi connectivity index (χ3v) is 2.62. The van der Waals surface area contributed by atoms with Gasteiger partial charge in [0.25, 0.3) is 5.91 Å². The first-order valence-corrected chi connectivity index (χ1v) is 5.96. The molecule has 2 aromatic carbocycles. The van der Waals surface area contributed by atoms with Gasteiger partial charge in [0, 0.05) is 16.3 Å². The molecule has 0 heterocycles. The van der Waals surface area contributed by atoms with E-state index in [0.717, 1.165) is 0 Å². The summed E-state index contributed by atoms with van der Waals surface area (Å²) in [4.78, 5) is 23.3. The Morgan fingerprint density at radius 3 is 2.16 bits per heavy atom. The second-order valence-corrected chi connectivity index (χ2v) is 4.22. The Morgan fingerprint density at radius 2 is 1.53 bits per heavy atom. The Balaban J connectivity index is 1.95. The van der Waals surface area contributed by atoms with E-state index in [-0.39, 0.29) is 0 Å². The predicted molar refractivity (Wildman–Crippen MR) is 74.4 cm³/mol. The van der Waals surface area contributed by atoms with Crippen LogP contribution < -0.4 is 10.6 Å². The molecule has 0 aliphatic rings. The zero-order chi connectivity index (χ0) is 13.7. The lowest BCUT2D eigenvalue weighted by Gasteiger charge is -2.06. The van der Waals surface area contributed by atoms with Crippen LogP contribution in [0.25, 0.3) is 0 Å². The van der Waals surface area contributed by atoms with Gasteiger partial charge in [0.2, 0.25) is 0 Å². The zero-order valence-corrected chi connectivity index (χ0v) is 10.6. The average molecular weight is 275 g/mol. The molecule has 0 radical (unpaired) electrons. The van der Waals surface area contributed by atoms with Crippen LogP contribution >= 0.6 is 11.6 Å². The first kappa shape index (κ1) is 13.1. The monoisotopic (exact) mass is 274 g/mol. The fraction of sp³-hybridized carbons (Fsp3) is 0. The van der Waals surface area contributed by atoms with E-state index in [1.807, 2.05) is 6.07 Å². The molecule has 2 rings (SSSR count). The van der Waals surface area contributed by atoms with Crippen molar-refractivity contribution in [2.45, 2.75) is 0 Å². The molecule has 96 valence electrons. The molecular formula is C14H11ClN2O2. The van der Waals surface area contributed by atoms with Crippen LogP contribution in [0.2, 0.25) is 5.02 Å². The zero-order valence-electron chi connectivity index (χ0n) is 9.89. The highest BCUT2D eigenvalue weighted by Gasteiger charge is 2.09.